The minimum Gasteiger partial charge on any atom is -0.313 e. The van der Waals surface area contributed by atoms with Gasteiger partial charge in [-0.25, -0.2) is 0 Å². The monoisotopic (exact) mass is 262 g/mol. The maximum Gasteiger partial charge on any atom is 0.0231 e. The van der Waals surface area contributed by atoms with Gasteiger partial charge in [0.15, 0.2) is 0 Å². The molecule has 0 aromatic heterocycles. The molecule has 0 aliphatic carbocycles. The predicted molar refractivity (Wildman–Crippen MR) is 84.3 cm³/mol. The van der Waals surface area contributed by atoms with E-state index in [9.17, 15) is 0 Å². The molecule has 108 valence electrons. The molecule has 0 fully saturated rings. The van der Waals surface area contributed by atoms with Crippen molar-refractivity contribution in [1.29, 1.82) is 0 Å². The minimum absolute atomic E-state index is 0.632. The standard InChI is InChI=1S/C17H30N2/c1-15(2)10-11-16(3)18-12-13-19(4)14-17-8-6-5-7-9-17/h5-9,15-16,18H,10-14H2,1-4H3. The van der Waals surface area contributed by atoms with Crippen molar-refractivity contribution in [1.82, 2.24) is 10.2 Å². The maximum atomic E-state index is 3.61. The van der Waals surface area contributed by atoms with Crippen molar-refractivity contribution in [3.63, 3.8) is 0 Å². The van der Waals surface area contributed by atoms with Gasteiger partial charge in [0, 0.05) is 25.7 Å². The molecular formula is C17H30N2. The Hall–Kier alpha value is -0.860. The first kappa shape index (κ1) is 16.2. The van der Waals surface area contributed by atoms with Crippen LogP contribution in [0.5, 0.6) is 0 Å². The second-order valence-electron chi connectivity index (χ2n) is 6.05. The van der Waals surface area contributed by atoms with Crippen molar-refractivity contribution in [3.8, 4) is 0 Å². The Morgan fingerprint density at radius 3 is 2.37 bits per heavy atom. The van der Waals surface area contributed by atoms with Crippen molar-refractivity contribution < 1.29 is 0 Å². The molecule has 0 saturated carbocycles. The van der Waals surface area contributed by atoms with Gasteiger partial charge in [0.25, 0.3) is 0 Å². The normalized spacial score (nSPS) is 13.2. The third-order valence-electron chi connectivity index (χ3n) is 3.46. The van der Waals surface area contributed by atoms with Crippen LogP contribution in [-0.2, 0) is 6.54 Å². The van der Waals surface area contributed by atoms with E-state index < -0.39 is 0 Å². The molecule has 1 rings (SSSR count). The second kappa shape index (κ2) is 9.11. The lowest BCUT2D eigenvalue weighted by molar-refractivity contribution is 0.314. The van der Waals surface area contributed by atoms with Crippen LogP contribution >= 0.6 is 0 Å². The SMILES string of the molecule is CC(C)CCC(C)NCCN(C)Cc1ccccc1. The number of nitrogens with zero attached hydrogens (tertiary/aromatic N) is 1. The van der Waals surface area contributed by atoms with Gasteiger partial charge in [0.05, 0.1) is 0 Å². The van der Waals surface area contributed by atoms with E-state index >= 15 is 0 Å². The largest absolute Gasteiger partial charge is 0.313 e. The van der Waals surface area contributed by atoms with Crippen LogP contribution in [0, 0.1) is 5.92 Å². The Bertz CT molecular complexity index is 321. The summed E-state index contributed by atoms with van der Waals surface area (Å²) in [7, 11) is 2.19. The van der Waals surface area contributed by atoms with Gasteiger partial charge in [-0.05, 0) is 38.3 Å². The van der Waals surface area contributed by atoms with Crippen LogP contribution in [0.4, 0.5) is 0 Å². The van der Waals surface area contributed by atoms with E-state index in [4.69, 9.17) is 0 Å². The van der Waals surface area contributed by atoms with Crippen molar-refractivity contribution in [2.75, 3.05) is 20.1 Å². The molecule has 0 radical (unpaired) electrons. The third kappa shape index (κ3) is 8.02. The molecule has 0 aliphatic rings. The molecule has 0 amide bonds. The van der Waals surface area contributed by atoms with E-state index in [1.165, 1.54) is 18.4 Å². The molecule has 0 aliphatic heterocycles. The number of hydrogen-bond donors (Lipinski definition) is 1. The molecule has 1 aromatic carbocycles. The highest BCUT2D eigenvalue weighted by Gasteiger charge is 2.04. The van der Waals surface area contributed by atoms with Gasteiger partial charge in [-0.1, -0.05) is 44.2 Å². The van der Waals surface area contributed by atoms with Crippen molar-refractivity contribution >= 4 is 0 Å². The quantitative estimate of drug-likeness (QED) is 0.732. The van der Waals surface area contributed by atoms with Gasteiger partial charge in [0.1, 0.15) is 0 Å². The van der Waals surface area contributed by atoms with Gasteiger partial charge in [-0.15, -0.1) is 0 Å². The summed E-state index contributed by atoms with van der Waals surface area (Å²) < 4.78 is 0. The predicted octanol–water partition coefficient (Wildman–Crippen LogP) is 3.53. The van der Waals surface area contributed by atoms with Crippen molar-refractivity contribution in [2.24, 2.45) is 5.92 Å². The molecule has 19 heavy (non-hydrogen) atoms. The summed E-state index contributed by atoms with van der Waals surface area (Å²) in [6, 6.07) is 11.3. The molecule has 0 bridgehead atoms. The highest BCUT2D eigenvalue weighted by Crippen LogP contribution is 2.06. The zero-order valence-electron chi connectivity index (χ0n) is 13.0. The highest BCUT2D eigenvalue weighted by molar-refractivity contribution is 5.14. The Morgan fingerprint density at radius 1 is 1.05 bits per heavy atom. The van der Waals surface area contributed by atoms with Crippen LogP contribution in [-0.4, -0.2) is 31.1 Å². The number of likely N-dealkylation sites (N-methyl/N-ethyl adjacent to an activating group) is 1. The van der Waals surface area contributed by atoms with E-state index in [1.54, 1.807) is 0 Å². The van der Waals surface area contributed by atoms with E-state index in [-0.39, 0.29) is 0 Å². The first-order valence-electron chi connectivity index (χ1n) is 7.53. The molecule has 2 nitrogen and oxygen atoms in total. The topological polar surface area (TPSA) is 15.3 Å². The lowest BCUT2D eigenvalue weighted by atomic mass is 10.0. The van der Waals surface area contributed by atoms with Crippen LogP contribution in [0.25, 0.3) is 0 Å². The van der Waals surface area contributed by atoms with Gasteiger partial charge in [-0.2, -0.15) is 0 Å². The fourth-order valence-electron chi connectivity index (χ4n) is 2.16. The van der Waals surface area contributed by atoms with Crippen LogP contribution < -0.4 is 5.32 Å². The second-order valence-corrected chi connectivity index (χ2v) is 6.05. The lowest BCUT2D eigenvalue weighted by Crippen LogP contribution is -2.34. The summed E-state index contributed by atoms with van der Waals surface area (Å²) in [4.78, 5) is 2.37. The first-order chi connectivity index (χ1) is 9.08. The van der Waals surface area contributed by atoms with Crippen molar-refractivity contribution in [2.45, 2.75) is 46.2 Å². The van der Waals surface area contributed by atoms with Crippen LogP contribution in [0.1, 0.15) is 39.2 Å². The fraction of sp³-hybridized carbons (Fsp3) is 0.647. The van der Waals surface area contributed by atoms with Crippen LogP contribution in [0.3, 0.4) is 0 Å². The first-order valence-corrected chi connectivity index (χ1v) is 7.53. The highest BCUT2D eigenvalue weighted by atomic mass is 15.1. The number of rotatable bonds is 9. The van der Waals surface area contributed by atoms with Gasteiger partial charge < -0.3 is 10.2 Å². The van der Waals surface area contributed by atoms with E-state index in [1.807, 2.05) is 0 Å². The average molecular weight is 262 g/mol. The van der Waals surface area contributed by atoms with E-state index in [0.29, 0.717) is 6.04 Å². The Labute approximate surface area is 119 Å². The molecule has 2 heteroatoms. The molecule has 1 aromatic rings. The van der Waals surface area contributed by atoms with Gasteiger partial charge in [0.2, 0.25) is 0 Å². The van der Waals surface area contributed by atoms with Crippen LogP contribution in [0.2, 0.25) is 0 Å². The van der Waals surface area contributed by atoms with E-state index in [0.717, 1.165) is 25.6 Å². The van der Waals surface area contributed by atoms with E-state index in [2.05, 4.69) is 68.4 Å². The van der Waals surface area contributed by atoms with Gasteiger partial charge >= 0.3 is 0 Å². The molecule has 1 unspecified atom stereocenters. The summed E-state index contributed by atoms with van der Waals surface area (Å²) in [6.45, 7) is 10.1. The summed E-state index contributed by atoms with van der Waals surface area (Å²) in [6.07, 6.45) is 2.59. The Morgan fingerprint density at radius 2 is 1.74 bits per heavy atom. The summed E-state index contributed by atoms with van der Waals surface area (Å²) >= 11 is 0. The third-order valence-corrected chi connectivity index (χ3v) is 3.46. The van der Waals surface area contributed by atoms with Crippen molar-refractivity contribution in [3.05, 3.63) is 35.9 Å². The lowest BCUT2D eigenvalue weighted by Gasteiger charge is -2.20. The smallest absolute Gasteiger partial charge is 0.0231 e. The molecular weight excluding hydrogens is 232 g/mol. The molecule has 0 spiro atoms. The maximum absolute atomic E-state index is 3.61. The molecule has 0 saturated heterocycles. The zero-order valence-corrected chi connectivity index (χ0v) is 13.0. The Kier molecular flexibility index (Phi) is 7.76. The fourth-order valence-corrected chi connectivity index (χ4v) is 2.16. The Balaban J connectivity index is 2.11. The number of benzene rings is 1. The number of hydrogen-bond acceptors (Lipinski definition) is 2. The molecule has 0 heterocycles. The number of nitrogens with one attached hydrogen (secondary N) is 1. The van der Waals surface area contributed by atoms with Crippen LogP contribution in [0.15, 0.2) is 30.3 Å². The molecule has 1 N–H and O–H groups in total. The molecule has 1 atom stereocenters. The van der Waals surface area contributed by atoms with Gasteiger partial charge in [-0.3, -0.25) is 0 Å². The average Bonchev–Trinajstić information content (AvgIpc) is 2.37. The summed E-state index contributed by atoms with van der Waals surface area (Å²) in [5, 5.41) is 3.61. The minimum atomic E-state index is 0.632. The zero-order chi connectivity index (χ0) is 14.1. The summed E-state index contributed by atoms with van der Waals surface area (Å²) in [5.74, 6) is 0.810. The summed E-state index contributed by atoms with van der Waals surface area (Å²) in [5.41, 5.74) is 1.39.